The fourth-order valence-electron chi connectivity index (χ4n) is 1.83. The standard InChI is InChI=1S/C12H11FN2O4S2/c13-10-6-9(8-4-2-1-3-5-8)11(20(14,16)17)7-12(10)21(15,18)19/h1-7H,(H2,14,16,17)(H2,15,18,19). The van der Waals surface area contributed by atoms with Gasteiger partial charge in [0.25, 0.3) is 0 Å². The maximum absolute atomic E-state index is 13.9. The molecule has 2 rings (SSSR count). The lowest BCUT2D eigenvalue weighted by atomic mass is 10.1. The third kappa shape index (κ3) is 3.27. The molecule has 0 aliphatic rings. The Bertz CT molecular complexity index is 894. The van der Waals surface area contributed by atoms with Gasteiger partial charge in [-0.1, -0.05) is 30.3 Å². The molecule has 0 fully saturated rings. The first-order chi connectivity index (χ1) is 9.60. The molecule has 0 aliphatic carbocycles. The topological polar surface area (TPSA) is 120 Å². The number of primary sulfonamides is 2. The lowest BCUT2D eigenvalue weighted by Crippen LogP contribution is -2.18. The average molecular weight is 330 g/mol. The van der Waals surface area contributed by atoms with Gasteiger partial charge in [-0.2, -0.15) is 0 Å². The second-order valence-electron chi connectivity index (χ2n) is 4.23. The van der Waals surface area contributed by atoms with Gasteiger partial charge >= 0.3 is 0 Å². The summed E-state index contributed by atoms with van der Waals surface area (Å²) in [5.74, 6) is -1.15. The summed E-state index contributed by atoms with van der Waals surface area (Å²) in [6.07, 6.45) is 0. The van der Waals surface area contributed by atoms with Crippen molar-refractivity contribution in [3.8, 4) is 11.1 Å². The summed E-state index contributed by atoms with van der Waals surface area (Å²) in [6, 6.07) is 9.42. The molecule has 0 spiro atoms. The molecule has 4 N–H and O–H groups in total. The monoisotopic (exact) mass is 330 g/mol. The molecule has 0 heterocycles. The second-order valence-corrected chi connectivity index (χ2v) is 7.29. The number of benzene rings is 2. The highest BCUT2D eigenvalue weighted by atomic mass is 32.2. The van der Waals surface area contributed by atoms with E-state index in [1.54, 1.807) is 30.3 Å². The molecule has 0 amide bonds. The van der Waals surface area contributed by atoms with Crippen LogP contribution in [-0.4, -0.2) is 16.8 Å². The molecule has 112 valence electrons. The van der Waals surface area contributed by atoms with Crippen molar-refractivity contribution in [3.05, 3.63) is 48.3 Å². The molecule has 0 aromatic heterocycles. The van der Waals surface area contributed by atoms with Crippen LogP contribution in [0.5, 0.6) is 0 Å². The van der Waals surface area contributed by atoms with Crippen LogP contribution in [0.25, 0.3) is 11.1 Å². The number of halogens is 1. The Kier molecular flexibility index (Phi) is 3.85. The Labute approximate surface area is 121 Å². The lowest BCUT2D eigenvalue weighted by molar-refractivity contribution is 0.566. The fraction of sp³-hybridized carbons (Fsp3) is 0. The maximum atomic E-state index is 13.9. The van der Waals surface area contributed by atoms with E-state index in [-0.39, 0.29) is 5.56 Å². The van der Waals surface area contributed by atoms with Crippen LogP contribution in [0, 0.1) is 5.82 Å². The van der Waals surface area contributed by atoms with E-state index in [0.29, 0.717) is 11.6 Å². The molecular weight excluding hydrogens is 319 g/mol. The molecule has 6 nitrogen and oxygen atoms in total. The minimum atomic E-state index is -4.41. The zero-order valence-electron chi connectivity index (χ0n) is 10.5. The van der Waals surface area contributed by atoms with Crippen LogP contribution in [0.1, 0.15) is 0 Å². The largest absolute Gasteiger partial charge is 0.241 e. The van der Waals surface area contributed by atoms with Crippen molar-refractivity contribution in [2.75, 3.05) is 0 Å². The van der Waals surface area contributed by atoms with Crippen LogP contribution in [0.2, 0.25) is 0 Å². The lowest BCUT2D eigenvalue weighted by Gasteiger charge is -2.11. The van der Waals surface area contributed by atoms with Crippen molar-refractivity contribution in [2.45, 2.75) is 9.79 Å². The van der Waals surface area contributed by atoms with E-state index >= 15 is 0 Å². The summed E-state index contributed by atoms with van der Waals surface area (Å²) in [6.45, 7) is 0. The van der Waals surface area contributed by atoms with Gasteiger partial charge in [0.05, 0.1) is 4.90 Å². The van der Waals surface area contributed by atoms with Crippen molar-refractivity contribution in [1.82, 2.24) is 0 Å². The van der Waals surface area contributed by atoms with Crippen LogP contribution in [0.4, 0.5) is 4.39 Å². The number of nitrogens with two attached hydrogens (primary N) is 2. The molecular formula is C12H11FN2O4S2. The average Bonchev–Trinajstić information content (AvgIpc) is 2.36. The van der Waals surface area contributed by atoms with Gasteiger partial charge in [0.1, 0.15) is 10.7 Å². The van der Waals surface area contributed by atoms with Crippen molar-refractivity contribution >= 4 is 20.0 Å². The van der Waals surface area contributed by atoms with Crippen molar-refractivity contribution in [1.29, 1.82) is 0 Å². The van der Waals surface area contributed by atoms with Crippen LogP contribution >= 0.6 is 0 Å². The number of hydrogen-bond acceptors (Lipinski definition) is 4. The van der Waals surface area contributed by atoms with E-state index in [1.165, 1.54) is 0 Å². The summed E-state index contributed by atoms with van der Waals surface area (Å²) in [5, 5.41) is 9.93. The van der Waals surface area contributed by atoms with Gasteiger partial charge in [-0.15, -0.1) is 0 Å². The molecule has 0 saturated heterocycles. The number of rotatable bonds is 3. The third-order valence-electron chi connectivity index (χ3n) is 2.73. The summed E-state index contributed by atoms with van der Waals surface area (Å²) >= 11 is 0. The number of hydrogen-bond donors (Lipinski definition) is 2. The highest BCUT2D eigenvalue weighted by Gasteiger charge is 2.23. The molecule has 0 unspecified atom stereocenters. The molecule has 2 aromatic carbocycles. The van der Waals surface area contributed by atoms with Gasteiger partial charge < -0.3 is 0 Å². The van der Waals surface area contributed by atoms with Crippen LogP contribution in [-0.2, 0) is 20.0 Å². The Morgan fingerprint density at radius 2 is 1.33 bits per heavy atom. The van der Waals surface area contributed by atoms with E-state index in [2.05, 4.69) is 0 Å². The minimum Gasteiger partial charge on any atom is -0.225 e. The Morgan fingerprint density at radius 1 is 0.810 bits per heavy atom. The highest BCUT2D eigenvalue weighted by Crippen LogP contribution is 2.30. The van der Waals surface area contributed by atoms with Crippen molar-refractivity contribution in [3.63, 3.8) is 0 Å². The Morgan fingerprint density at radius 3 is 1.81 bits per heavy atom. The first kappa shape index (κ1) is 15.6. The quantitative estimate of drug-likeness (QED) is 0.864. The maximum Gasteiger partial charge on any atom is 0.241 e. The van der Waals surface area contributed by atoms with Gasteiger partial charge in [0.15, 0.2) is 0 Å². The van der Waals surface area contributed by atoms with Gasteiger partial charge in [0.2, 0.25) is 20.0 Å². The zero-order chi connectivity index (χ0) is 15.8. The first-order valence-corrected chi connectivity index (χ1v) is 8.64. The number of sulfonamides is 2. The summed E-state index contributed by atoms with van der Waals surface area (Å²) in [4.78, 5) is -1.44. The smallest absolute Gasteiger partial charge is 0.225 e. The van der Waals surface area contributed by atoms with Crippen LogP contribution in [0.15, 0.2) is 52.3 Å². The molecule has 2 aromatic rings. The summed E-state index contributed by atoms with van der Waals surface area (Å²) in [7, 11) is -8.68. The summed E-state index contributed by atoms with van der Waals surface area (Å²) < 4.78 is 59.7. The summed E-state index contributed by atoms with van der Waals surface area (Å²) in [5.41, 5.74) is 0.337. The molecule has 9 heteroatoms. The minimum absolute atomic E-state index is 0.0389. The van der Waals surface area contributed by atoms with E-state index < -0.39 is 35.7 Å². The van der Waals surface area contributed by atoms with E-state index in [0.717, 1.165) is 6.07 Å². The Balaban J connectivity index is 2.88. The normalized spacial score (nSPS) is 12.3. The first-order valence-electron chi connectivity index (χ1n) is 5.55. The van der Waals surface area contributed by atoms with Crippen LogP contribution in [0.3, 0.4) is 0 Å². The molecule has 21 heavy (non-hydrogen) atoms. The van der Waals surface area contributed by atoms with Gasteiger partial charge in [-0.05, 0) is 17.7 Å². The predicted octanol–water partition coefficient (Wildman–Crippen LogP) is 0.788. The third-order valence-corrected chi connectivity index (χ3v) is 4.61. The molecule has 0 bridgehead atoms. The van der Waals surface area contributed by atoms with E-state index in [4.69, 9.17) is 10.3 Å². The molecule has 0 atom stereocenters. The Hall–Kier alpha value is -1.81. The van der Waals surface area contributed by atoms with Gasteiger partial charge in [-0.25, -0.2) is 31.5 Å². The highest BCUT2D eigenvalue weighted by molar-refractivity contribution is 7.90. The van der Waals surface area contributed by atoms with Crippen molar-refractivity contribution < 1.29 is 21.2 Å². The van der Waals surface area contributed by atoms with Crippen LogP contribution < -0.4 is 10.3 Å². The predicted molar refractivity (Wildman–Crippen MR) is 74.6 cm³/mol. The SMILES string of the molecule is NS(=O)(=O)c1cc(S(N)(=O)=O)c(-c2ccccc2)cc1F. The van der Waals surface area contributed by atoms with Gasteiger partial charge in [0, 0.05) is 5.56 Å². The van der Waals surface area contributed by atoms with Gasteiger partial charge in [-0.3, -0.25) is 0 Å². The van der Waals surface area contributed by atoms with Crippen molar-refractivity contribution in [2.24, 2.45) is 10.3 Å². The second kappa shape index (κ2) is 5.19. The van der Waals surface area contributed by atoms with E-state index in [1.807, 2.05) is 0 Å². The fourth-order valence-corrected chi connectivity index (χ4v) is 3.28. The zero-order valence-corrected chi connectivity index (χ0v) is 12.2. The van der Waals surface area contributed by atoms with E-state index in [9.17, 15) is 21.2 Å². The molecule has 0 radical (unpaired) electrons. The molecule has 0 saturated carbocycles. The molecule has 0 aliphatic heterocycles.